The highest BCUT2D eigenvalue weighted by Crippen LogP contribution is 2.47. The molecule has 1 aromatic carbocycles. The predicted octanol–water partition coefficient (Wildman–Crippen LogP) is 2.94. The number of carbonyl (C=O) groups is 1. The summed E-state index contributed by atoms with van der Waals surface area (Å²) in [7, 11) is 0. The number of benzene rings is 1. The number of carbonyl (C=O) groups excluding carboxylic acids is 1. The first-order valence-electron chi connectivity index (χ1n) is 7.21. The molecule has 3 nitrogen and oxygen atoms in total. The van der Waals surface area contributed by atoms with Gasteiger partial charge in [0, 0.05) is 24.2 Å². The second-order valence-electron chi connectivity index (χ2n) is 5.45. The van der Waals surface area contributed by atoms with Gasteiger partial charge in [0.15, 0.2) is 0 Å². The molecule has 106 valence electrons. The smallest absolute Gasteiger partial charge is 0.244 e. The number of nitrogens with zero attached hydrogens (tertiary/aromatic N) is 1. The van der Waals surface area contributed by atoms with E-state index in [0.29, 0.717) is 6.54 Å². The van der Waals surface area contributed by atoms with Gasteiger partial charge < -0.3 is 5.32 Å². The van der Waals surface area contributed by atoms with E-state index in [2.05, 4.69) is 34.6 Å². The van der Waals surface area contributed by atoms with Crippen LogP contribution in [0.5, 0.6) is 0 Å². The molecule has 2 aromatic rings. The quantitative estimate of drug-likeness (QED) is 0.854. The number of nitrogens with one attached hydrogen (secondary N) is 1. The molecule has 1 saturated carbocycles. The first-order chi connectivity index (χ1) is 10.3. The van der Waals surface area contributed by atoms with Crippen molar-refractivity contribution in [1.29, 1.82) is 0 Å². The number of hydrogen-bond acceptors (Lipinski definition) is 2. The lowest BCUT2D eigenvalue weighted by atomic mass is 9.96. The lowest BCUT2D eigenvalue weighted by Gasteiger charge is -2.15. The van der Waals surface area contributed by atoms with E-state index in [1.54, 1.807) is 18.3 Å². The Morgan fingerprint density at radius 1 is 1.14 bits per heavy atom. The van der Waals surface area contributed by atoms with E-state index < -0.39 is 0 Å². The zero-order valence-corrected chi connectivity index (χ0v) is 11.8. The average Bonchev–Trinajstić information content (AvgIpc) is 3.34. The fourth-order valence-corrected chi connectivity index (χ4v) is 2.46. The van der Waals surface area contributed by atoms with Crippen LogP contribution < -0.4 is 5.32 Å². The monoisotopic (exact) mass is 278 g/mol. The van der Waals surface area contributed by atoms with Crippen LogP contribution in [0.25, 0.3) is 6.08 Å². The van der Waals surface area contributed by atoms with Gasteiger partial charge in [-0.2, -0.15) is 0 Å². The van der Waals surface area contributed by atoms with Gasteiger partial charge in [0.25, 0.3) is 0 Å². The third kappa shape index (κ3) is 3.37. The maximum atomic E-state index is 11.9. The van der Waals surface area contributed by atoms with Crippen LogP contribution in [-0.4, -0.2) is 17.4 Å². The normalized spacial score (nSPS) is 15.8. The largest absolute Gasteiger partial charge is 0.352 e. The van der Waals surface area contributed by atoms with Crippen LogP contribution in [0.1, 0.15) is 24.1 Å². The SMILES string of the molecule is O=C(/C=C\c1ccccn1)NCC1(c2ccccc2)CC1. The van der Waals surface area contributed by atoms with E-state index in [-0.39, 0.29) is 11.3 Å². The third-order valence-corrected chi connectivity index (χ3v) is 3.93. The summed E-state index contributed by atoms with van der Waals surface area (Å²) in [4.78, 5) is 16.0. The Hall–Kier alpha value is -2.42. The Bertz CT molecular complexity index is 631. The van der Waals surface area contributed by atoms with Crippen molar-refractivity contribution in [3.63, 3.8) is 0 Å². The van der Waals surface area contributed by atoms with Gasteiger partial charge in [-0.25, -0.2) is 0 Å². The van der Waals surface area contributed by atoms with Gasteiger partial charge in [0.2, 0.25) is 5.91 Å². The fourth-order valence-electron chi connectivity index (χ4n) is 2.46. The summed E-state index contributed by atoms with van der Waals surface area (Å²) < 4.78 is 0. The van der Waals surface area contributed by atoms with E-state index in [9.17, 15) is 4.79 Å². The van der Waals surface area contributed by atoms with Gasteiger partial charge in [-0.3, -0.25) is 9.78 Å². The molecule has 1 aliphatic rings. The zero-order valence-electron chi connectivity index (χ0n) is 11.8. The van der Waals surface area contributed by atoms with Gasteiger partial charge in [0.05, 0.1) is 5.69 Å². The Kier molecular flexibility index (Phi) is 3.82. The molecule has 0 radical (unpaired) electrons. The van der Waals surface area contributed by atoms with Crippen molar-refractivity contribution in [2.75, 3.05) is 6.54 Å². The predicted molar refractivity (Wildman–Crippen MR) is 83.6 cm³/mol. The highest BCUT2D eigenvalue weighted by atomic mass is 16.1. The van der Waals surface area contributed by atoms with Crippen molar-refractivity contribution in [2.24, 2.45) is 0 Å². The van der Waals surface area contributed by atoms with Crippen LogP contribution in [0.15, 0.2) is 60.8 Å². The van der Waals surface area contributed by atoms with Gasteiger partial charge >= 0.3 is 0 Å². The average molecular weight is 278 g/mol. The maximum absolute atomic E-state index is 11.9. The number of amides is 1. The number of aromatic nitrogens is 1. The van der Waals surface area contributed by atoms with Crippen molar-refractivity contribution >= 4 is 12.0 Å². The minimum Gasteiger partial charge on any atom is -0.352 e. The summed E-state index contributed by atoms with van der Waals surface area (Å²) in [5, 5.41) is 3.00. The summed E-state index contributed by atoms with van der Waals surface area (Å²) in [6.07, 6.45) is 7.27. The van der Waals surface area contributed by atoms with E-state index in [0.717, 1.165) is 18.5 Å². The van der Waals surface area contributed by atoms with Crippen molar-refractivity contribution in [1.82, 2.24) is 10.3 Å². The molecular formula is C18H18N2O. The molecule has 0 spiro atoms. The summed E-state index contributed by atoms with van der Waals surface area (Å²) in [5.74, 6) is -0.0668. The minimum absolute atomic E-state index is 0.0668. The fraction of sp³-hybridized carbons (Fsp3) is 0.222. The Morgan fingerprint density at radius 3 is 2.57 bits per heavy atom. The van der Waals surface area contributed by atoms with E-state index in [1.807, 2.05) is 24.3 Å². The van der Waals surface area contributed by atoms with E-state index in [1.165, 1.54) is 5.56 Å². The Morgan fingerprint density at radius 2 is 1.90 bits per heavy atom. The van der Waals surface area contributed by atoms with Crippen molar-refractivity contribution in [3.8, 4) is 0 Å². The van der Waals surface area contributed by atoms with Crippen LogP contribution in [0.2, 0.25) is 0 Å². The van der Waals surface area contributed by atoms with E-state index in [4.69, 9.17) is 0 Å². The van der Waals surface area contributed by atoms with Gasteiger partial charge in [-0.05, 0) is 36.6 Å². The topological polar surface area (TPSA) is 42.0 Å². The lowest BCUT2D eigenvalue weighted by molar-refractivity contribution is -0.116. The molecule has 3 rings (SSSR count). The summed E-state index contributed by atoms with van der Waals surface area (Å²) in [6, 6.07) is 16.0. The Labute approximate surface area is 124 Å². The molecule has 1 amide bonds. The third-order valence-electron chi connectivity index (χ3n) is 3.93. The van der Waals surface area contributed by atoms with Crippen molar-refractivity contribution in [3.05, 3.63) is 72.1 Å². The highest BCUT2D eigenvalue weighted by molar-refractivity contribution is 5.91. The first kappa shape index (κ1) is 13.6. The summed E-state index contributed by atoms with van der Waals surface area (Å²) >= 11 is 0. The molecular weight excluding hydrogens is 260 g/mol. The van der Waals surface area contributed by atoms with Crippen molar-refractivity contribution in [2.45, 2.75) is 18.3 Å². The minimum atomic E-state index is -0.0668. The molecule has 21 heavy (non-hydrogen) atoms. The van der Waals surface area contributed by atoms with Crippen LogP contribution in [0.4, 0.5) is 0 Å². The highest BCUT2D eigenvalue weighted by Gasteiger charge is 2.43. The molecule has 0 aliphatic heterocycles. The van der Waals surface area contributed by atoms with Crippen LogP contribution in [-0.2, 0) is 10.2 Å². The van der Waals surface area contributed by atoms with Crippen LogP contribution in [0.3, 0.4) is 0 Å². The molecule has 0 saturated heterocycles. The molecule has 0 unspecified atom stereocenters. The molecule has 1 heterocycles. The summed E-state index contributed by atoms with van der Waals surface area (Å²) in [6.45, 7) is 0.697. The molecule has 1 aromatic heterocycles. The standard InChI is InChI=1S/C18H18N2O/c21-17(10-9-16-8-4-5-13-19-16)20-14-18(11-12-18)15-6-2-1-3-7-15/h1-10,13H,11-12,14H2,(H,20,21)/b10-9-. The number of rotatable bonds is 5. The molecule has 1 aliphatic carbocycles. The van der Waals surface area contributed by atoms with Crippen LogP contribution in [0, 0.1) is 0 Å². The molecule has 0 bridgehead atoms. The van der Waals surface area contributed by atoms with Crippen molar-refractivity contribution < 1.29 is 4.79 Å². The first-order valence-corrected chi connectivity index (χ1v) is 7.21. The van der Waals surface area contributed by atoms with Gasteiger partial charge in [-0.15, -0.1) is 0 Å². The summed E-state index contributed by atoms with van der Waals surface area (Å²) in [5.41, 5.74) is 2.26. The second kappa shape index (κ2) is 5.92. The Balaban J connectivity index is 1.56. The maximum Gasteiger partial charge on any atom is 0.244 e. The number of hydrogen-bond donors (Lipinski definition) is 1. The van der Waals surface area contributed by atoms with E-state index >= 15 is 0 Å². The number of pyridine rings is 1. The van der Waals surface area contributed by atoms with Gasteiger partial charge in [0.1, 0.15) is 0 Å². The molecule has 0 atom stereocenters. The zero-order chi connectivity index (χ0) is 14.5. The molecule has 3 heteroatoms. The second-order valence-corrected chi connectivity index (χ2v) is 5.45. The molecule has 1 N–H and O–H groups in total. The lowest BCUT2D eigenvalue weighted by Crippen LogP contribution is -2.30. The van der Waals surface area contributed by atoms with Gasteiger partial charge in [-0.1, -0.05) is 36.4 Å². The van der Waals surface area contributed by atoms with Crippen LogP contribution >= 0.6 is 0 Å². The molecule has 1 fully saturated rings.